The summed E-state index contributed by atoms with van der Waals surface area (Å²) in [5, 5.41) is -0.115. The summed E-state index contributed by atoms with van der Waals surface area (Å²) >= 11 is 0. The zero-order chi connectivity index (χ0) is 22.6. The molecule has 3 aromatic carbocycles. The van der Waals surface area contributed by atoms with Crippen LogP contribution in [0.5, 0.6) is 0 Å². The third-order valence-corrected chi connectivity index (χ3v) is 5.63. The van der Waals surface area contributed by atoms with Gasteiger partial charge in [0.15, 0.2) is 0 Å². The third kappa shape index (κ3) is 2.91. The number of nitrogens with zero attached hydrogens (tertiary/aromatic N) is 2. The fourth-order valence-corrected chi connectivity index (χ4v) is 3.95. The molecule has 0 unspecified atom stereocenters. The minimum atomic E-state index is -0.677. The van der Waals surface area contributed by atoms with E-state index in [4.69, 9.17) is 0 Å². The number of fused-ring (bicyclic) bond motifs is 2. The lowest BCUT2D eigenvalue weighted by molar-refractivity contribution is 0.595. The molecule has 5 aromatic rings. The summed E-state index contributed by atoms with van der Waals surface area (Å²) in [4.78, 5) is 51.4. The van der Waals surface area contributed by atoms with E-state index in [1.54, 1.807) is 12.1 Å². The van der Waals surface area contributed by atoms with Gasteiger partial charge in [-0.15, -0.1) is 0 Å². The van der Waals surface area contributed by atoms with Crippen LogP contribution in [0.25, 0.3) is 21.5 Å². The molecule has 0 amide bonds. The topological polar surface area (TPSA) is 78.1 Å². The van der Waals surface area contributed by atoms with Gasteiger partial charge in [0.2, 0.25) is 0 Å². The van der Waals surface area contributed by atoms with E-state index in [0.717, 1.165) is 9.13 Å². The summed E-state index contributed by atoms with van der Waals surface area (Å²) in [6.07, 6.45) is 0. The van der Waals surface area contributed by atoms with Crippen LogP contribution in [0.4, 0.5) is 8.78 Å². The number of benzene rings is 3. The van der Waals surface area contributed by atoms with Gasteiger partial charge >= 0.3 is 0 Å². The number of hydrogen-bond donors (Lipinski definition) is 0. The van der Waals surface area contributed by atoms with Gasteiger partial charge in [0.25, 0.3) is 22.2 Å². The highest BCUT2D eigenvalue weighted by molar-refractivity contribution is 5.97. The van der Waals surface area contributed by atoms with Crippen molar-refractivity contribution in [3.05, 3.63) is 125 Å². The van der Waals surface area contributed by atoms with E-state index in [0.29, 0.717) is 0 Å². The van der Waals surface area contributed by atoms with Gasteiger partial charge in [-0.2, -0.15) is 0 Å². The summed E-state index contributed by atoms with van der Waals surface area (Å²) < 4.78 is 29.8. The SMILES string of the molecule is O=c1c2cc3c(=O)n(Cc4ccccc4F)c(=O)c3cc2c(=O)n1Cc1ccccc1F. The molecule has 0 saturated carbocycles. The quantitative estimate of drug-likeness (QED) is 0.437. The molecule has 2 heterocycles. The minimum Gasteiger partial charge on any atom is -0.270 e. The van der Waals surface area contributed by atoms with E-state index >= 15 is 0 Å². The zero-order valence-electron chi connectivity index (χ0n) is 16.5. The predicted octanol–water partition coefficient (Wildman–Crippen LogP) is 2.29. The van der Waals surface area contributed by atoms with Gasteiger partial charge in [-0.1, -0.05) is 36.4 Å². The molecule has 32 heavy (non-hydrogen) atoms. The Morgan fingerprint density at radius 1 is 0.531 bits per heavy atom. The molecule has 8 heteroatoms. The molecule has 0 radical (unpaired) electrons. The van der Waals surface area contributed by atoms with Gasteiger partial charge in [-0.25, -0.2) is 8.78 Å². The lowest BCUT2D eigenvalue weighted by Crippen LogP contribution is -2.27. The molecule has 0 spiro atoms. The summed E-state index contributed by atoms with van der Waals surface area (Å²) in [7, 11) is 0. The molecular formula is C24H14F2N2O4. The summed E-state index contributed by atoms with van der Waals surface area (Å²) in [5.74, 6) is -1.11. The van der Waals surface area contributed by atoms with Crippen molar-refractivity contribution in [3.8, 4) is 0 Å². The summed E-state index contributed by atoms with van der Waals surface area (Å²) in [5.41, 5.74) is -2.38. The van der Waals surface area contributed by atoms with Gasteiger partial charge in [-0.05, 0) is 24.3 Å². The molecular weight excluding hydrogens is 418 g/mol. The maximum Gasteiger partial charge on any atom is 0.261 e. The Balaban J connectivity index is 1.69. The fraction of sp³-hybridized carbons (Fsp3) is 0.0833. The van der Waals surface area contributed by atoms with E-state index in [1.165, 1.54) is 48.5 Å². The first-order valence-corrected chi connectivity index (χ1v) is 9.74. The largest absolute Gasteiger partial charge is 0.270 e. The van der Waals surface area contributed by atoms with Crippen LogP contribution < -0.4 is 22.2 Å². The van der Waals surface area contributed by atoms with Crippen LogP contribution in [0.3, 0.4) is 0 Å². The second kappa shape index (κ2) is 7.19. The molecule has 0 aliphatic heterocycles. The molecule has 0 fully saturated rings. The van der Waals surface area contributed by atoms with Crippen LogP contribution >= 0.6 is 0 Å². The molecule has 0 bridgehead atoms. The molecule has 158 valence electrons. The second-order valence-electron chi connectivity index (χ2n) is 7.52. The molecule has 5 rings (SSSR count). The van der Waals surface area contributed by atoms with Gasteiger partial charge < -0.3 is 0 Å². The monoisotopic (exact) mass is 432 g/mol. The second-order valence-corrected chi connectivity index (χ2v) is 7.52. The predicted molar refractivity (Wildman–Crippen MR) is 116 cm³/mol. The Labute approximate surface area is 177 Å². The zero-order valence-corrected chi connectivity index (χ0v) is 16.5. The number of halogens is 2. The molecule has 0 aliphatic rings. The first-order chi connectivity index (χ1) is 15.4. The van der Waals surface area contributed by atoms with Gasteiger partial charge in [-0.3, -0.25) is 28.3 Å². The van der Waals surface area contributed by atoms with Crippen molar-refractivity contribution in [2.45, 2.75) is 13.1 Å². The van der Waals surface area contributed by atoms with E-state index in [2.05, 4.69) is 0 Å². The molecule has 0 aliphatic carbocycles. The highest BCUT2D eigenvalue weighted by Crippen LogP contribution is 2.16. The van der Waals surface area contributed by atoms with E-state index in [9.17, 15) is 28.0 Å². The average molecular weight is 432 g/mol. The van der Waals surface area contributed by atoms with Crippen molar-refractivity contribution in [1.29, 1.82) is 0 Å². The Morgan fingerprint density at radius 3 is 1.16 bits per heavy atom. The minimum absolute atomic E-state index is 0.0287. The summed E-state index contributed by atoms with van der Waals surface area (Å²) in [6, 6.07) is 14.0. The molecule has 0 atom stereocenters. The lowest BCUT2D eigenvalue weighted by Gasteiger charge is -2.02. The van der Waals surface area contributed by atoms with Crippen molar-refractivity contribution in [1.82, 2.24) is 9.13 Å². The van der Waals surface area contributed by atoms with Crippen molar-refractivity contribution in [3.63, 3.8) is 0 Å². The Bertz CT molecular complexity index is 1540. The van der Waals surface area contributed by atoms with E-state index < -0.39 is 33.9 Å². The van der Waals surface area contributed by atoms with Gasteiger partial charge in [0.1, 0.15) is 11.6 Å². The van der Waals surface area contributed by atoms with Crippen LogP contribution in [0.1, 0.15) is 11.1 Å². The summed E-state index contributed by atoms with van der Waals surface area (Å²) in [6.45, 7) is -0.546. The Kier molecular flexibility index (Phi) is 4.44. The molecule has 6 nitrogen and oxygen atoms in total. The van der Waals surface area contributed by atoms with Crippen LogP contribution in [-0.4, -0.2) is 9.13 Å². The lowest BCUT2D eigenvalue weighted by atomic mass is 10.1. The van der Waals surface area contributed by atoms with Crippen molar-refractivity contribution < 1.29 is 8.78 Å². The van der Waals surface area contributed by atoms with Crippen LogP contribution in [-0.2, 0) is 13.1 Å². The van der Waals surface area contributed by atoms with Crippen molar-refractivity contribution >= 4 is 21.5 Å². The highest BCUT2D eigenvalue weighted by Gasteiger charge is 2.20. The molecule has 2 aromatic heterocycles. The third-order valence-electron chi connectivity index (χ3n) is 5.63. The standard InChI is InChI=1S/C24H14F2N2O4/c25-19-7-3-1-5-13(19)11-27-21(29)15-9-17-18(10-16(15)22(27)30)24(32)28(23(17)31)12-14-6-2-4-8-20(14)26/h1-10H,11-12H2. The molecule has 0 N–H and O–H groups in total. The van der Waals surface area contributed by atoms with Crippen molar-refractivity contribution in [2.24, 2.45) is 0 Å². The smallest absolute Gasteiger partial charge is 0.261 e. The van der Waals surface area contributed by atoms with Crippen LogP contribution in [0.15, 0.2) is 79.8 Å². The van der Waals surface area contributed by atoms with Gasteiger partial charge in [0, 0.05) is 11.1 Å². The maximum absolute atomic E-state index is 14.0. The Morgan fingerprint density at radius 2 is 0.844 bits per heavy atom. The number of aromatic nitrogens is 2. The van der Waals surface area contributed by atoms with Gasteiger partial charge in [0.05, 0.1) is 34.6 Å². The van der Waals surface area contributed by atoms with Crippen molar-refractivity contribution in [2.75, 3.05) is 0 Å². The number of hydrogen-bond acceptors (Lipinski definition) is 4. The first-order valence-electron chi connectivity index (χ1n) is 9.74. The van der Waals surface area contributed by atoms with Crippen LogP contribution in [0, 0.1) is 11.6 Å². The first kappa shape index (κ1) is 19.7. The fourth-order valence-electron chi connectivity index (χ4n) is 3.95. The van der Waals surface area contributed by atoms with Crippen LogP contribution in [0.2, 0.25) is 0 Å². The normalized spacial score (nSPS) is 11.6. The Hall–Kier alpha value is -4.20. The van der Waals surface area contributed by atoms with E-state index in [-0.39, 0.29) is 45.8 Å². The number of rotatable bonds is 4. The maximum atomic E-state index is 14.0. The average Bonchev–Trinajstić information content (AvgIpc) is 3.16. The van der Waals surface area contributed by atoms with E-state index in [1.807, 2.05) is 0 Å². The highest BCUT2D eigenvalue weighted by atomic mass is 19.1. The molecule has 0 saturated heterocycles.